The summed E-state index contributed by atoms with van der Waals surface area (Å²) in [5.74, 6) is 0.0487. The van der Waals surface area contributed by atoms with Crippen LogP contribution in [0.4, 0.5) is 5.69 Å². The Bertz CT molecular complexity index is 634. The van der Waals surface area contributed by atoms with Crippen molar-refractivity contribution in [3.05, 3.63) is 48.3 Å². The highest BCUT2D eigenvalue weighted by atomic mass is 16.5. The van der Waals surface area contributed by atoms with Crippen molar-refractivity contribution in [1.82, 2.24) is 9.88 Å². The van der Waals surface area contributed by atoms with Gasteiger partial charge in [-0.1, -0.05) is 12.1 Å². The SMILES string of the molecule is Nc1cnccc1-c1ccc(C(=O)N2CCOCC2)cc1. The Morgan fingerprint density at radius 3 is 2.52 bits per heavy atom. The maximum atomic E-state index is 12.4. The smallest absolute Gasteiger partial charge is 0.254 e. The van der Waals surface area contributed by atoms with Gasteiger partial charge in [0.2, 0.25) is 0 Å². The number of ether oxygens (including phenoxy) is 1. The van der Waals surface area contributed by atoms with Crippen LogP contribution in [0.1, 0.15) is 10.4 Å². The van der Waals surface area contributed by atoms with Crippen LogP contribution >= 0.6 is 0 Å². The molecule has 2 aromatic rings. The van der Waals surface area contributed by atoms with E-state index in [1.165, 1.54) is 0 Å². The van der Waals surface area contributed by atoms with Crippen molar-refractivity contribution in [2.75, 3.05) is 32.0 Å². The van der Waals surface area contributed by atoms with Gasteiger partial charge in [-0.25, -0.2) is 0 Å². The molecule has 1 amide bonds. The maximum Gasteiger partial charge on any atom is 0.254 e. The highest BCUT2D eigenvalue weighted by Crippen LogP contribution is 2.25. The lowest BCUT2D eigenvalue weighted by Crippen LogP contribution is -2.40. The first-order valence-corrected chi connectivity index (χ1v) is 6.92. The third-order valence-corrected chi connectivity index (χ3v) is 3.59. The molecule has 0 spiro atoms. The largest absolute Gasteiger partial charge is 0.397 e. The van der Waals surface area contributed by atoms with Gasteiger partial charge < -0.3 is 15.4 Å². The number of carbonyl (C=O) groups excluding carboxylic acids is 1. The maximum absolute atomic E-state index is 12.4. The zero-order valence-electron chi connectivity index (χ0n) is 11.7. The van der Waals surface area contributed by atoms with Crippen LogP contribution in [0.25, 0.3) is 11.1 Å². The molecule has 5 nitrogen and oxygen atoms in total. The minimum Gasteiger partial charge on any atom is -0.397 e. The minimum absolute atomic E-state index is 0.0487. The Balaban J connectivity index is 1.81. The van der Waals surface area contributed by atoms with Gasteiger partial charge in [-0.3, -0.25) is 9.78 Å². The van der Waals surface area contributed by atoms with E-state index in [0.717, 1.165) is 11.1 Å². The summed E-state index contributed by atoms with van der Waals surface area (Å²) in [5.41, 5.74) is 9.14. The second kappa shape index (κ2) is 5.93. The molecule has 108 valence electrons. The fourth-order valence-corrected chi connectivity index (χ4v) is 2.41. The average molecular weight is 283 g/mol. The molecule has 5 heteroatoms. The lowest BCUT2D eigenvalue weighted by molar-refractivity contribution is 0.0303. The van der Waals surface area contributed by atoms with Gasteiger partial charge in [0.25, 0.3) is 5.91 Å². The fourth-order valence-electron chi connectivity index (χ4n) is 2.41. The number of morpholine rings is 1. The molecule has 0 atom stereocenters. The summed E-state index contributed by atoms with van der Waals surface area (Å²) in [6, 6.07) is 9.38. The van der Waals surface area contributed by atoms with Gasteiger partial charge in [-0.15, -0.1) is 0 Å². The van der Waals surface area contributed by atoms with E-state index in [1.54, 1.807) is 12.4 Å². The van der Waals surface area contributed by atoms with Crippen LogP contribution in [0.5, 0.6) is 0 Å². The molecule has 21 heavy (non-hydrogen) atoms. The summed E-state index contributed by atoms with van der Waals surface area (Å²) < 4.78 is 5.26. The summed E-state index contributed by atoms with van der Waals surface area (Å²) in [5, 5.41) is 0. The average Bonchev–Trinajstić information content (AvgIpc) is 2.56. The Morgan fingerprint density at radius 2 is 1.86 bits per heavy atom. The number of hydrogen-bond acceptors (Lipinski definition) is 4. The highest BCUT2D eigenvalue weighted by Gasteiger charge is 2.18. The molecule has 0 unspecified atom stereocenters. The van der Waals surface area contributed by atoms with Gasteiger partial charge in [0.1, 0.15) is 0 Å². The summed E-state index contributed by atoms with van der Waals surface area (Å²) in [7, 11) is 0. The molecular formula is C16H17N3O2. The normalized spacial score (nSPS) is 15.0. The molecule has 0 aliphatic carbocycles. The predicted molar refractivity (Wildman–Crippen MR) is 80.8 cm³/mol. The summed E-state index contributed by atoms with van der Waals surface area (Å²) >= 11 is 0. The number of nitrogens with zero attached hydrogens (tertiary/aromatic N) is 2. The molecule has 1 aromatic heterocycles. The van der Waals surface area contributed by atoms with Gasteiger partial charge in [0, 0.05) is 30.4 Å². The van der Waals surface area contributed by atoms with Crippen LogP contribution in [0.3, 0.4) is 0 Å². The van der Waals surface area contributed by atoms with E-state index in [-0.39, 0.29) is 5.91 Å². The zero-order chi connectivity index (χ0) is 14.7. The molecule has 1 saturated heterocycles. The fraction of sp³-hybridized carbons (Fsp3) is 0.250. The first-order valence-electron chi connectivity index (χ1n) is 6.92. The highest BCUT2D eigenvalue weighted by molar-refractivity contribution is 5.95. The van der Waals surface area contributed by atoms with Crippen molar-refractivity contribution in [2.24, 2.45) is 0 Å². The Kier molecular flexibility index (Phi) is 3.83. The Labute approximate surface area is 123 Å². The summed E-state index contributed by atoms with van der Waals surface area (Å²) in [4.78, 5) is 18.1. The number of nitrogen functional groups attached to an aromatic ring is 1. The molecule has 2 heterocycles. The van der Waals surface area contributed by atoms with Crippen LogP contribution in [-0.4, -0.2) is 42.1 Å². The van der Waals surface area contributed by atoms with Crippen molar-refractivity contribution in [2.45, 2.75) is 0 Å². The van der Waals surface area contributed by atoms with E-state index < -0.39 is 0 Å². The minimum atomic E-state index is 0.0487. The van der Waals surface area contributed by atoms with Crippen molar-refractivity contribution in [3.8, 4) is 11.1 Å². The summed E-state index contributed by atoms with van der Waals surface area (Å²) in [6.45, 7) is 2.52. The van der Waals surface area contributed by atoms with Crippen molar-refractivity contribution in [1.29, 1.82) is 0 Å². The topological polar surface area (TPSA) is 68.5 Å². The number of aromatic nitrogens is 1. The molecule has 2 N–H and O–H groups in total. The standard InChI is InChI=1S/C16H17N3O2/c17-15-11-18-6-5-14(15)12-1-3-13(4-2-12)16(20)19-7-9-21-10-8-19/h1-6,11H,7-10,17H2. The quantitative estimate of drug-likeness (QED) is 0.912. The Morgan fingerprint density at radius 1 is 1.14 bits per heavy atom. The van der Waals surface area contributed by atoms with Crippen LogP contribution in [-0.2, 0) is 4.74 Å². The molecule has 3 rings (SSSR count). The second-order valence-electron chi connectivity index (χ2n) is 4.94. The molecule has 0 bridgehead atoms. The van der Waals surface area contributed by atoms with Gasteiger partial charge in [0.15, 0.2) is 0 Å². The van der Waals surface area contributed by atoms with E-state index >= 15 is 0 Å². The lowest BCUT2D eigenvalue weighted by atomic mass is 10.0. The van der Waals surface area contributed by atoms with Crippen LogP contribution in [0.15, 0.2) is 42.7 Å². The number of amides is 1. The van der Waals surface area contributed by atoms with Crippen LogP contribution in [0.2, 0.25) is 0 Å². The van der Waals surface area contributed by atoms with Gasteiger partial charge in [0.05, 0.1) is 25.1 Å². The molecule has 1 aliphatic heterocycles. The molecule has 0 saturated carbocycles. The first-order chi connectivity index (χ1) is 10.3. The number of anilines is 1. The van der Waals surface area contributed by atoms with Gasteiger partial charge >= 0.3 is 0 Å². The zero-order valence-corrected chi connectivity index (χ0v) is 11.7. The third kappa shape index (κ3) is 2.87. The number of hydrogen-bond donors (Lipinski definition) is 1. The molecule has 1 aromatic carbocycles. The van der Waals surface area contributed by atoms with E-state index in [9.17, 15) is 4.79 Å². The van der Waals surface area contributed by atoms with Gasteiger partial charge in [-0.05, 0) is 23.8 Å². The van der Waals surface area contributed by atoms with Crippen LogP contribution < -0.4 is 5.73 Å². The monoisotopic (exact) mass is 283 g/mol. The molecular weight excluding hydrogens is 266 g/mol. The van der Waals surface area contributed by atoms with Crippen molar-refractivity contribution >= 4 is 11.6 Å². The molecule has 0 radical (unpaired) electrons. The summed E-state index contributed by atoms with van der Waals surface area (Å²) in [6.07, 6.45) is 3.33. The lowest BCUT2D eigenvalue weighted by Gasteiger charge is -2.26. The number of rotatable bonds is 2. The second-order valence-corrected chi connectivity index (χ2v) is 4.94. The number of pyridine rings is 1. The molecule has 1 aliphatic rings. The van der Waals surface area contributed by atoms with Crippen molar-refractivity contribution < 1.29 is 9.53 Å². The first kappa shape index (κ1) is 13.6. The Hall–Kier alpha value is -2.40. The molecule has 1 fully saturated rings. The number of benzene rings is 1. The third-order valence-electron chi connectivity index (χ3n) is 3.59. The predicted octanol–water partition coefficient (Wildman–Crippen LogP) is 1.80. The number of carbonyl (C=O) groups is 1. The number of nitrogens with two attached hydrogens (primary N) is 1. The van der Waals surface area contributed by atoms with Crippen LogP contribution in [0, 0.1) is 0 Å². The van der Waals surface area contributed by atoms with E-state index in [0.29, 0.717) is 37.6 Å². The van der Waals surface area contributed by atoms with E-state index in [1.807, 2.05) is 35.2 Å². The van der Waals surface area contributed by atoms with Gasteiger partial charge in [-0.2, -0.15) is 0 Å². The van der Waals surface area contributed by atoms with Crippen molar-refractivity contribution in [3.63, 3.8) is 0 Å². The van der Waals surface area contributed by atoms with E-state index in [2.05, 4.69) is 4.98 Å². The van der Waals surface area contributed by atoms with E-state index in [4.69, 9.17) is 10.5 Å².